The summed E-state index contributed by atoms with van der Waals surface area (Å²) >= 11 is 0. The van der Waals surface area contributed by atoms with Crippen LogP contribution in [-0.2, 0) is 9.59 Å². The lowest BCUT2D eigenvalue weighted by Crippen LogP contribution is -2.27. The van der Waals surface area contributed by atoms with Crippen molar-refractivity contribution in [3.8, 4) is 0 Å². The molecule has 0 heterocycles. The highest BCUT2D eigenvalue weighted by atomic mass is 16.1. The molecule has 0 aromatic rings. The second-order valence-corrected chi connectivity index (χ2v) is 3.88. The van der Waals surface area contributed by atoms with Gasteiger partial charge in [-0.3, -0.25) is 0 Å². The minimum absolute atomic E-state index is 0.172. The van der Waals surface area contributed by atoms with Crippen LogP contribution >= 0.6 is 0 Å². The van der Waals surface area contributed by atoms with Crippen LogP contribution in [0, 0.1) is 5.92 Å². The maximum absolute atomic E-state index is 10.3. The fourth-order valence-electron chi connectivity index (χ4n) is 1.53. The van der Waals surface area contributed by atoms with Crippen molar-refractivity contribution in [1.82, 2.24) is 0 Å². The largest absolute Gasteiger partial charge is 0.235 e. The number of aliphatic imine (C=N–C) groups is 2. The van der Waals surface area contributed by atoms with Crippen molar-refractivity contribution in [2.24, 2.45) is 15.9 Å². The summed E-state index contributed by atoms with van der Waals surface area (Å²) in [7, 11) is 0. The second-order valence-electron chi connectivity index (χ2n) is 3.88. The number of nitrogens with zero attached hydrogens (tertiary/aromatic N) is 2. The molecule has 0 aromatic heterocycles. The van der Waals surface area contributed by atoms with Gasteiger partial charge in [0.25, 0.3) is 0 Å². The van der Waals surface area contributed by atoms with Crippen LogP contribution < -0.4 is 0 Å². The molecule has 0 spiro atoms. The zero-order valence-electron chi connectivity index (χ0n) is 9.56. The van der Waals surface area contributed by atoms with Gasteiger partial charge >= 0.3 is 0 Å². The predicted octanol–water partition coefficient (Wildman–Crippen LogP) is 2.24. The Morgan fingerprint density at radius 3 is 2.13 bits per heavy atom. The molecule has 15 heavy (non-hydrogen) atoms. The first-order chi connectivity index (χ1) is 7.17. The van der Waals surface area contributed by atoms with Crippen molar-refractivity contribution in [3.63, 3.8) is 0 Å². The summed E-state index contributed by atoms with van der Waals surface area (Å²) < 4.78 is 0. The number of hydrogen-bond donors (Lipinski definition) is 0. The van der Waals surface area contributed by atoms with Gasteiger partial charge in [0, 0.05) is 0 Å². The molecule has 0 saturated carbocycles. The Hall–Kier alpha value is -1.24. The third-order valence-corrected chi connectivity index (χ3v) is 2.35. The average Bonchev–Trinajstić information content (AvgIpc) is 2.21. The Bertz CT molecular complexity index is 264. The lowest BCUT2D eigenvalue weighted by Gasteiger charge is -2.20. The molecule has 2 unspecified atom stereocenters. The number of rotatable bonds is 7. The summed E-state index contributed by atoms with van der Waals surface area (Å²) in [6, 6.07) is -0.487. The highest BCUT2D eigenvalue weighted by Gasteiger charge is 2.23. The Morgan fingerprint density at radius 1 is 1.13 bits per heavy atom. The molecule has 0 aromatic carbocycles. The first-order valence-electron chi connectivity index (χ1n) is 5.31. The van der Waals surface area contributed by atoms with Gasteiger partial charge in [0.2, 0.25) is 12.2 Å². The quantitative estimate of drug-likeness (QED) is 0.478. The minimum Gasteiger partial charge on any atom is -0.211 e. The van der Waals surface area contributed by atoms with Gasteiger partial charge in [-0.1, -0.05) is 33.6 Å². The molecule has 0 amide bonds. The topological polar surface area (TPSA) is 58.9 Å². The molecule has 4 nitrogen and oxygen atoms in total. The van der Waals surface area contributed by atoms with E-state index < -0.39 is 0 Å². The van der Waals surface area contributed by atoms with Crippen LogP contribution in [0.15, 0.2) is 9.98 Å². The molecule has 0 bridgehead atoms. The lowest BCUT2D eigenvalue weighted by atomic mass is 9.94. The Labute approximate surface area is 90.5 Å². The molecule has 0 rings (SSSR count). The normalized spacial score (nSPS) is 13.9. The third-order valence-electron chi connectivity index (χ3n) is 2.35. The van der Waals surface area contributed by atoms with E-state index in [0.717, 1.165) is 19.3 Å². The summed E-state index contributed by atoms with van der Waals surface area (Å²) in [5.74, 6) is 0.172. The number of carbonyl (C=O) groups excluding carboxylic acids is 2. The zero-order valence-corrected chi connectivity index (χ0v) is 9.56. The molecule has 0 radical (unpaired) electrons. The third kappa shape index (κ3) is 5.26. The van der Waals surface area contributed by atoms with Crippen LogP contribution in [0.1, 0.15) is 40.0 Å². The minimum atomic E-state index is -0.254. The maximum atomic E-state index is 10.3. The van der Waals surface area contributed by atoms with Gasteiger partial charge in [-0.05, 0) is 12.3 Å². The van der Waals surface area contributed by atoms with Gasteiger partial charge < -0.3 is 0 Å². The number of hydrogen-bond acceptors (Lipinski definition) is 4. The van der Waals surface area contributed by atoms with E-state index in [4.69, 9.17) is 0 Å². The van der Waals surface area contributed by atoms with Crippen molar-refractivity contribution < 1.29 is 9.59 Å². The van der Waals surface area contributed by atoms with Gasteiger partial charge in [-0.15, -0.1) is 0 Å². The molecule has 0 aliphatic rings. The van der Waals surface area contributed by atoms with E-state index in [1.54, 1.807) is 12.2 Å². The van der Waals surface area contributed by atoms with Crippen molar-refractivity contribution in [2.75, 3.05) is 0 Å². The van der Waals surface area contributed by atoms with E-state index in [2.05, 4.69) is 16.9 Å². The van der Waals surface area contributed by atoms with Crippen molar-refractivity contribution in [1.29, 1.82) is 0 Å². The highest BCUT2D eigenvalue weighted by molar-refractivity contribution is 5.36. The lowest BCUT2D eigenvalue weighted by molar-refractivity contribution is 0.390. The molecule has 0 saturated heterocycles. The van der Waals surface area contributed by atoms with Crippen molar-refractivity contribution in [3.05, 3.63) is 0 Å². The summed E-state index contributed by atoms with van der Waals surface area (Å²) in [6.07, 6.45) is 5.86. The van der Waals surface area contributed by atoms with E-state index in [1.807, 2.05) is 13.8 Å². The Kier molecular flexibility index (Phi) is 7.43. The average molecular weight is 210 g/mol. The van der Waals surface area contributed by atoms with Crippen LogP contribution in [0.4, 0.5) is 0 Å². The first-order valence-corrected chi connectivity index (χ1v) is 5.31. The fraction of sp³-hybridized carbons (Fsp3) is 0.818. The van der Waals surface area contributed by atoms with Crippen LogP contribution in [0.2, 0.25) is 0 Å². The zero-order chi connectivity index (χ0) is 11.7. The summed E-state index contributed by atoms with van der Waals surface area (Å²) in [5.41, 5.74) is 0. The smallest absolute Gasteiger partial charge is 0.211 e. The van der Waals surface area contributed by atoms with E-state index in [1.165, 1.54) is 0 Å². The van der Waals surface area contributed by atoms with Gasteiger partial charge in [-0.25, -0.2) is 14.6 Å². The van der Waals surface area contributed by atoms with Gasteiger partial charge in [0.1, 0.15) is 0 Å². The van der Waals surface area contributed by atoms with Crippen molar-refractivity contribution in [2.45, 2.75) is 52.1 Å². The summed E-state index contributed by atoms with van der Waals surface area (Å²) in [5, 5.41) is 0. The first kappa shape index (κ1) is 13.8. The van der Waals surface area contributed by atoms with E-state index in [0.29, 0.717) is 0 Å². The molecule has 2 atom stereocenters. The molecule has 0 N–H and O–H groups in total. The molecule has 0 fully saturated rings. The molecular formula is C11H18N2O2. The standard InChI is InChI=1S/C11H18N2O2/c1-4-5-6-10(12-7-14)11(9(2)3)13-8-15/h9-11H,4-6H2,1-3H3. The van der Waals surface area contributed by atoms with Crippen LogP contribution in [-0.4, -0.2) is 24.2 Å². The SMILES string of the molecule is CCCCC(N=C=O)C(N=C=O)C(C)C. The van der Waals surface area contributed by atoms with Crippen LogP contribution in [0.3, 0.4) is 0 Å². The predicted molar refractivity (Wildman–Crippen MR) is 58.2 cm³/mol. The van der Waals surface area contributed by atoms with E-state index in [-0.39, 0.29) is 18.0 Å². The molecular weight excluding hydrogens is 192 g/mol. The van der Waals surface area contributed by atoms with Crippen LogP contribution in [0.25, 0.3) is 0 Å². The molecule has 0 aliphatic carbocycles. The van der Waals surface area contributed by atoms with E-state index in [9.17, 15) is 9.59 Å². The monoisotopic (exact) mass is 210 g/mol. The number of unbranched alkanes of at least 4 members (excludes halogenated alkanes) is 1. The molecule has 84 valence electrons. The maximum Gasteiger partial charge on any atom is 0.235 e. The molecule has 0 aliphatic heterocycles. The van der Waals surface area contributed by atoms with Gasteiger partial charge in [0.05, 0.1) is 12.1 Å². The Morgan fingerprint density at radius 2 is 1.73 bits per heavy atom. The number of isocyanates is 2. The van der Waals surface area contributed by atoms with Gasteiger partial charge in [0.15, 0.2) is 0 Å². The fourth-order valence-corrected chi connectivity index (χ4v) is 1.53. The van der Waals surface area contributed by atoms with Gasteiger partial charge in [-0.2, -0.15) is 4.99 Å². The Balaban J connectivity index is 4.65. The summed E-state index contributed by atoms with van der Waals surface area (Å²) in [4.78, 5) is 28.0. The summed E-state index contributed by atoms with van der Waals surface area (Å²) in [6.45, 7) is 5.96. The van der Waals surface area contributed by atoms with E-state index >= 15 is 0 Å². The highest BCUT2D eigenvalue weighted by Crippen LogP contribution is 2.18. The van der Waals surface area contributed by atoms with Crippen molar-refractivity contribution >= 4 is 12.2 Å². The van der Waals surface area contributed by atoms with Crippen LogP contribution in [0.5, 0.6) is 0 Å². The second kappa shape index (κ2) is 8.10. The molecule has 4 heteroatoms.